The van der Waals surface area contributed by atoms with Gasteiger partial charge in [-0.15, -0.1) is 11.3 Å². The second kappa shape index (κ2) is 4.21. The molecule has 3 rings (SSSR count). The van der Waals surface area contributed by atoms with Crippen molar-refractivity contribution in [3.8, 4) is 0 Å². The van der Waals surface area contributed by atoms with Gasteiger partial charge in [0, 0.05) is 31.4 Å². The van der Waals surface area contributed by atoms with E-state index in [0.29, 0.717) is 11.7 Å². The number of thiophene rings is 1. The SMILES string of the molecule is CC(C(=O)c1csc2c(Br)cccc12)C1CC1. The molecule has 1 aliphatic carbocycles. The Morgan fingerprint density at radius 3 is 2.94 bits per heavy atom. The van der Waals surface area contributed by atoms with E-state index in [1.807, 2.05) is 23.6 Å². The van der Waals surface area contributed by atoms with Gasteiger partial charge in [0.1, 0.15) is 0 Å². The molecule has 0 bridgehead atoms. The monoisotopic (exact) mass is 308 g/mol. The first-order valence-corrected chi connectivity index (χ1v) is 7.55. The van der Waals surface area contributed by atoms with Gasteiger partial charge in [-0.25, -0.2) is 0 Å². The molecule has 0 N–H and O–H groups in total. The number of hydrogen-bond acceptors (Lipinski definition) is 2. The summed E-state index contributed by atoms with van der Waals surface area (Å²) in [6.07, 6.45) is 2.44. The van der Waals surface area contributed by atoms with Crippen LogP contribution in [0.15, 0.2) is 28.1 Å². The van der Waals surface area contributed by atoms with Gasteiger partial charge in [-0.3, -0.25) is 4.79 Å². The van der Waals surface area contributed by atoms with Crippen LogP contribution >= 0.6 is 27.3 Å². The van der Waals surface area contributed by atoms with Gasteiger partial charge in [-0.2, -0.15) is 0 Å². The zero-order valence-electron chi connectivity index (χ0n) is 9.57. The van der Waals surface area contributed by atoms with Crippen molar-refractivity contribution < 1.29 is 4.79 Å². The summed E-state index contributed by atoms with van der Waals surface area (Å²) in [5.41, 5.74) is 0.908. The standard InChI is InChI=1S/C14H13BrOS/c1-8(9-5-6-9)13(16)11-7-17-14-10(11)3-2-4-12(14)15/h2-4,7-9H,5-6H2,1H3. The molecule has 1 nitrogen and oxygen atoms in total. The molecular weight excluding hydrogens is 296 g/mol. The van der Waals surface area contributed by atoms with Crippen LogP contribution in [0.4, 0.5) is 0 Å². The van der Waals surface area contributed by atoms with Crippen LogP contribution < -0.4 is 0 Å². The van der Waals surface area contributed by atoms with E-state index in [-0.39, 0.29) is 5.92 Å². The number of carbonyl (C=O) groups is 1. The van der Waals surface area contributed by atoms with Crippen LogP contribution in [0.25, 0.3) is 10.1 Å². The fourth-order valence-electron chi connectivity index (χ4n) is 2.27. The van der Waals surface area contributed by atoms with E-state index in [2.05, 4.69) is 22.9 Å². The Hall–Kier alpha value is -0.670. The number of Topliss-reactive ketones (excluding diaryl/α,β-unsaturated/α-hetero) is 1. The quantitative estimate of drug-likeness (QED) is 0.738. The van der Waals surface area contributed by atoms with Crippen molar-refractivity contribution in [1.29, 1.82) is 0 Å². The van der Waals surface area contributed by atoms with Crippen molar-refractivity contribution in [1.82, 2.24) is 0 Å². The molecular formula is C14H13BrOS. The van der Waals surface area contributed by atoms with Gasteiger partial charge >= 0.3 is 0 Å². The maximum atomic E-state index is 12.4. The zero-order valence-corrected chi connectivity index (χ0v) is 12.0. The van der Waals surface area contributed by atoms with Crippen molar-refractivity contribution in [3.05, 3.63) is 33.6 Å². The minimum absolute atomic E-state index is 0.187. The van der Waals surface area contributed by atoms with Crippen LogP contribution in [0.3, 0.4) is 0 Å². The molecule has 2 aromatic rings. The van der Waals surface area contributed by atoms with Crippen molar-refractivity contribution >= 4 is 43.1 Å². The second-order valence-corrected chi connectivity index (χ2v) is 6.49. The summed E-state index contributed by atoms with van der Waals surface area (Å²) in [5, 5.41) is 3.11. The zero-order chi connectivity index (χ0) is 12.0. The number of fused-ring (bicyclic) bond motifs is 1. The van der Waals surface area contributed by atoms with Crippen molar-refractivity contribution in [2.45, 2.75) is 19.8 Å². The van der Waals surface area contributed by atoms with E-state index >= 15 is 0 Å². The molecule has 1 fully saturated rings. The van der Waals surface area contributed by atoms with Gasteiger partial charge in [-0.1, -0.05) is 19.1 Å². The highest BCUT2D eigenvalue weighted by atomic mass is 79.9. The highest BCUT2D eigenvalue weighted by Crippen LogP contribution is 2.40. The number of carbonyl (C=O) groups excluding carboxylic acids is 1. The summed E-state index contributed by atoms with van der Waals surface area (Å²) in [6, 6.07) is 6.07. The molecule has 0 amide bonds. The fraction of sp³-hybridized carbons (Fsp3) is 0.357. The van der Waals surface area contributed by atoms with Crippen LogP contribution in [0, 0.1) is 11.8 Å². The molecule has 0 spiro atoms. The highest BCUT2D eigenvalue weighted by Gasteiger charge is 2.33. The smallest absolute Gasteiger partial charge is 0.167 e. The molecule has 1 aromatic carbocycles. The van der Waals surface area contributed by atoms with Crippen LogP contribution in [-0.2, 0) is 0 Å². The summed E-state index contributed by atoms with van der Waals surface area (Å²) in [7, 11) is 0. The maximum Gasteiger partial charge on any atom is 0.167 e. The number of hydrogen-bond donors (Lipinski definition) is 0. The van der Waals surface area contributed by atoms with Crippen molar-refractivity contribution in [2.75, 3.05) is 0 Å². The van der Waals surface area contributed by atoms with E-state index in [1.165, 1.54) is 17.5 Å². The average molecular weight is 309 g/mol. The van der Waals surface area contributed by atoms with E-state index in [1.54, 1.807) is 11.3 Å². The summed E-state index contributed by atoms with van der Waals surface area (Å²) >= 11 is 5.19. The summed E-state index contributed by atoms with van der Waals surface area (Å²) in [5.74, 6) is 1.13. The molecule has 1 heterocycles. The minimum Gasteiger partial charge on any atom is -0.294 e. The Morgan fingerprint density at radius 2 is 2.24 bits per heavy atom. The van der Waals surface area contributed by atoms with E-state index < -0.39 is 0 Å². The van der Waals surface area contributed by atoms with E-state index in [0.717, 1.165) is 15.4 Å². The largest absolute Gasteiger partial charge is 0.294 e. The number of halogens is 1. The molecule has 0 radical (unpaired) electrons. The Kier molecular flexibility index (Phi) is 2.83. The third kappa shape index (κ3) is 1.95. The molecule has 17 heavy (non-hydrogen) atoms. The lowest BCUT2D eigenvalue weighted by molar-refractivity contribution is 0.0918. The molecule has 88 valence electrons. The molecule has 1 saturated carbocycles. The van der Waals surface area contributed by atoms with Crippen molar-refractivity contribution in [3.63, 3.8) is 0 Å². The average Bonchev–Trinajstić information content (AvgIpc) is 3.08. The fourth-order valence-corrected chi connectivity index (χ4v) is 3.88. The molecule has 3 heteroatoms. The van der Waals surface area contributed by atoms with E-state index in [9.17, 15) is 4.79 Å². The minimum atomic E-state index is 0.187. The van der Waals surface area contributed by atoms with Gasteiger partial charge in [0.15, 0.2) is 5.78 Å². The summed E-state index contributed by atoms with van der Waals surface area (Å²) in [4.78, 5) is 12.4. The maximum absolute atomic E-state index is 12.4. The number of rotatable bonds is 3. The predicted molar refractivity (Wildman–Crippen MR) is 75.7 cm³/mol. The van der Waals surface area contributed by atoms with Gasteiger partial charge in [-0.05, 0) is 40.8 Å². The van der Waals surface area contributed by atoms with Gasteiger partial charge in [0.05, 0.1) is 0 Å². The van der Waals surface area contributed by atoms with Gasteiger partial charge in [0.25, 0.3) is 0 Å². The lowest BCUT2D eigenvalue weighted by Crippen LogP contribution is -2.12. The van der Waals surface area contributed by atoms with Crippen LogP contribution in [0.1, 0.15) is 30.1 Å². The summed E-state index contributed by atoms with van der Waals surface area (Å²) < 4.78 is 2.26. The predicted octanol–water partition coefficient (Wildman–Crippen LogP) is 4.89. The molecule has 0 aliphatic heterocycles. The van der Waals surface area contributed by atoms with Crippen molar-refractivity contribution in [2.24, 2.45) is 11.8 Å². The first kappa shape index (κ1) is 11.4. The number of benzene rings is 1. The molecule has 1 aliphatic rings. The molecule has 1 unspecified atom stereocenters. The Morgan fingerprint density at radius 1 is 1.47 bits per heavy atom. The molecule has 1 aromatic heterocycles. The number of ketones is 1. The van der Waals surface area contributed by atoms with Crippen LogP contribution in [0.5, 0.6) is 0 Å². The normalized spacial score (nSPS) is 17.3. The molecule has 1 atom stereocenters. The highest BCUT2D eigenvalue weighted by molar-refractivity contribution is 9.10. The Balaban J connectivity index is 2.05. The Bertz CT molecular complexity index is 583. The van der Waals surface area contributed by atoms with Gasteiger partial charge < -0.3 is 0 Å². The topological polar surface area (TPSA) is 17.1 Å². The Labute approximate surface area is 113 Å². The van der Waals surface area contributed by atoms with E-state index in [4.69, 9.17) is 0 Å². The first-order chi connectivity index (χ1) is 8.18. The third-order valence-electron chi connectivity index (χ3n) is 3.56. The first-order valence-electron chi connectivity index (χ1n) is 5.88. The third-order valence-corrected chi connectivity index (χ3v) is 5.51. The lowest BCUT2D eigenvalue weighted by Gasteiger charge is -2.07. The van der Waals surface area contributed by atoms with Crippen LogP contribution in [-0.4, -0.2) is 5.78 Å². The van der Waals surface area contributed by atoms with Gasteiger partial charge in [0.2, 0.25) is 0 Å². The molecule has 0 saturated heterocycles. The van der Waals surface area contributed by atoms with Crippen LogP contribution in [0.2, 0.25) is 0 Å². The lowest BCUT2D eigenvalue weighted by atomic mass is 9.95. The second-order valence-electron chi connectivity index (χ2n) is 4.76. The summed E-state index contributed by atoms with van der Waals surface area (Å²) in [6.45, 7) is 2.07.